The van der Waals surface area contributed by atoms with Crippen LogP contribution >= 0.6 is 11.6 Å². The van der Waals surface area contributed by atoms with E-state index >= 15 is 0 Å². The summed E-state index contributed by atoms with van der Waals surface area (Å²) in [6.45, 7) is 6.12. The van der Waals surface area contributed by atoms with E-state index in [2.05, 4.69) is 15.5 Å². The number of halogens is 2. The van der Waals surface area contributed by atoms with Gasteiger partial charge in [0.25, 0.3) is 0 Å². The summed E-state index contributed by atoms with van der Waals surface area (Å²) in [5, 5.41) is 5.24. The largest absolute Gasteiger partial charge is 0.338 e. The number of rotatable bonds is 5. The lowest BCUT2D eigenvalue weighted by Gasteiger charge is -2.34. The Hall–Kier alpha value is -1.70. The zero-order valence-corrected chi connectivity index (χ0v) is 14.4. The number of nitrogens with one attached hydrogen (secondary N) is 2. The zero-order valence-electron chi connectivity index (χ0n) is 13.6. The number of amides is 3. The van der Waals surface area contributed by atoms with Crippen LogP contribution in [0, 0.1) is 5.82 Å². The Morgan fingerprint density at radius 3 is 2.50 bits per heavy atom. The highest BCUT2D eigenvalue weighted by atomic mass is 35.5. The van der Waals surface area contributed by atoms with Gasteiger partial charge >= 0.3 is 6.03 Å². The Kier molecular flexibility index (Phi) is 6.96. The van der Waals surface area contributed by atoms with Crippen LogP contribution in [-0.2, 0) is 11.3 Å². The van der Waals surface area contributed by atoms with Crippen molar-refractivity contribution in [1.82, 2.24) is 20.4 Å². The van der Waals surface area contributed by atoms with Gasteiger partial charge in [0.2, 0.25) is 5.91 Å². The Labute approximate surface area is 145 Å². The Morgan fingerprint density at radius 2 is 1.88 bits per heavy atom. The van der Waals surface area contributed by atoms with E-state index in [1.54, 1.807) is 13.0 Å². The molecule has 0 aliphatic carbocycles. The van der Waals surface area contributed by atoms with Crippen LogP contribution in [0.1, 0.15) is 12.5 Å². The molecule has 0 bridgehead atoms. The SMILES string of the molecule is CCNC(=O)NC(=O)CN1CCN(Cc2ccc(F)cc2Cl)CC1. The van der Waals surface area contributed by atoms with Gasteiger partial charge in [-0.2, -0.15) is 0 Å². The summed E-state index contributed by atoms with van der Waals surface area (Å²) in [6, 6.07) is 3.96. The van der Waals surface area contributed by atoms with Crippen LogP contribution < -0.4 is 10.6 Å². The maximum absolute atomic E-state index is 13.1. The van der Waals surface area contributed by atoms with E-state index in [9.17, 15) is 14.0 Å². The quantitative estimate of drug-likeness (QED) is 0.838. The fourth-order valence-electron chi connectivity index (χ4n) is 2.57. The first-order valence-electron chi connectivity index (χ1n) is 7.94. The van der Waals surface area contributed by atoms with Gasteiger partial charge in [0, 0.05) is 44.3 Å². The Morgan fingerprint density at radius 1 is 1.21 bits per heavy atom. The van der Waals surface area contributed by atoms with Crippen LogP contribution in [0.3, 0.4) is 0 Å². The van der Waals surface area contributed by atoms with Gasteiger partial charge in [-0.25, -0.2) is 9.18 Å². The minimum atomic E-state index is -0.466. The topological polar surface area (TPSA) is 64.7 Å². The molecule has 2 N–H and O–H groups in total. The van der Waals surface area contributed by atoms with Crippen molar-refractivity contribution < 1.29 is 14.0 Å². The van der Waals surface area contributed by atoms with E-state index in [-0.39, 0.29) is 18.3 Å². The lowest BCUT2D eigenvalue weighted by molar-refractivity contribution is -0.121. The number of nitrogens with zero attached hydrogens (tertiary/aromatic N) is 2. The van der Waals surface area contributed by atoms with Crippen molar-refractivity contribution in [3.05, 3.63) is 34.6 Å². The molecule has 1 fully saturated rings. The highest BCUT2D eigenvalue weighted by Gasteiger charge is 2.20. The average Bonchev–Trinajstić information content (AvgIpc) is 2.52. The number of carbonyl (C=O) groups excluding carboxylic acids is 2. The molecular weight excluding hydrogens is 335 g/mol. The monoisotopic (exact) mass is 356 g/mol. The number of urea groups is 1. The summed E-state index contributed by atoms with van der Waals surface area (Å²) in [5.74, 6) is -0.650. The third-order valence-electron chi connectivity index (χ3n) is 3.83. The standard InChI is InChI=1S/C16H22ClFN4O2/c1-2-19-16(24)20-15(23)11-22-7-5-21(6-8-22)10-12-3-4-13(18)9-14(12)17/h3-4,9H,2,5-8,10-11H2,1H3,(H2,19,20,23,24). The van der Waals surface area contributed by atoms with Gasteiger partial charge in [0.05, 0.1) is 6.54 Å². The van der Waals surface area contributed by atoms with Crippen molar-refractivity contribution in [2.45, 2.75) is 13.5 Å². The van der Waals surface area contributed by atoms with Gasteiger partial charge < -0.3 is 5.32 Å². The molecule has 24 heavy (non-hydrogen) atoms. The van der Waals surface area contributed by atoms with Crippen molar-refractivity contribution in [3.8, 4) is 0 Å². The molecular formula is C16H22ClFN4O2. The Balaban J connectivity index is 1.75. The maximum Gasteiger partial charge on any atom is 0.321 e. The summed E-state index contributed by atoms with van der Waals surface area (Å²) in [6.07, 6.45) is 0. The van der Waals surface area contributed by atoms with Gasteiger partial charge in [-0.3, -0.25) is 19.9 Å². The molecule has 0 unspecified atom stereocenters. The van der Waals surface area contributed by atoms with Gasteiger partial charge in [0.15, 0.2) is 0 Å². The van der Waals surface area contributed by atoms with E-state index in [4.69, 9.17) is 11.6 Å². The van der Waals surface area contributed by atoms with E-state index < -0.39 is 6.03 Å². The zero-order chi connectivity index (χ0) is 17.5. The van der Waals surface area contributed by atoms with Crippen molar-refractivity contribution >= 4 is 23.5 Å². The summed E-state index contributed by atoms with van der Waals surface area (Å²) in [5.41, 5.74) is 0.889. The lowest BCUT2D eigenvalue weighted by Crippen LogP contribution is -2.50. The molecule has 0 spiro atoms. The van der Waals surface area contributed by atoms with E-state index in [1.165, 1.54) is 12.1 Å². The summed E-state index contributed by atoms with van der Waals surface area (Å²) in [4.78, 5) is 27.3. The fraction of sp³-hybridized carbons (Fsp3) is 0.500. The molecule has 132 valence electrons. The predicted molar refractivity (Wildman–Crippen MR) is 90.3 cm³/mol. The van der Waals surface area contributed by atoms with Gasteiger partial charge in [0.1, 0.15) is 5.82 Å². The van der Waals surface area contributed by atoms with Crippen molar-refractivity contribution in [1.29, 1.82) is 0 Å². The van der Waals surface area contributed by atoms with Crippen LogP contribution in [0.5, 0.6) is 0 Å². The minimum Gasteiger partial charge on any atom is -0.338 e. The molecule has 1 heterocycles. The molecule has 1 saturated heterocycles. The van der Waals surface area contributed by atoms with Crippen LogP contribution in [0.2, 0.25) is 5.02 Å². The van der Waals surface area contributed by atoms with Crippen molar-refractivity contribution in [2.24, 2.45) is 0 Å². The van der Waals surface area contributed by atoms with Gasteiger partial charge in [-0.1, -0.05) is 17.7 Å². The molecule has 2 rings (SSSR count). The Bertz CT molecular complexity index is 591. The number of piperazine rings is 1. The summed E-state index contributed by atoms with van der Waals surface area (Å²) < 4.78 is 13.1. The second-order valence-corrected chi connectivity index (χ2v) is 6.10. The molecule has 1 aromatic rings. The smallest absolute Gasteiger partial charge is 0.321 e. The third kappa shape index (κ3) is 5.74. The molecule has 1 aliphatic rings. The van der Waals surface area contributed by atoms with Crippen LogP contribution in [0.4, 0.5) is 9.18 Å². The molecule has 0 saturated carbocycles. The van der Waals surface area contributed by atoms with Crippen LogP contribution in [-0.4, -0.2) is 61.0 Å². The normalized spacial score (nSPS) is 16.0. The minimum absolute atomic E-state index is 0.197. The van der Waals surface area contributed by atoms with Gasteiger partial charge in [-0.05, 0) is 24.6 Å². The maximum atomic E-state index is 13.1. The fourth-order valence-corrected chi connectivity index (χ4v) is 2.80. The number of hydrogen-bond donors (Lipinski definition) is 2. The molecule has 3 amide bonds. The molecule has 0 aromatic heterocycles. The highest BCUT2D eigenvalue weighted by Crippen LogP contribution is 2.19. The number of benzene rings is 1. The van der Waals surface area contributed by atoms with E-state index in [1.807, 2.05) is 4.90 Å². The average molecular weight is 357 g/mol. The lowest BCUT2D eigenvalue weighted by atomic mass is 10.2. The third-order valence-corrected chi connectivity index (χ3v) is 4.18. The number of imide groups is 1. The summed E-state index contributed by atoms with van der Waals surface area (Å²) >= 11 is 6.05. The molecule has 8 heteroatoms. The van der Waals surface area contributed by atoms with E-state index in [0.717, 1.165) is 31.7 Å². The molecule has 1 aliphatic heterocycles. The highest BCUT2D eigenvalue weighted by molar-refractivity contribution is 6.31. The van der Waals surface area contributed by atoms with Crippen molar-refractivity contribution in [3.63, 3.8) is 0 Å². The van der Waals surface area contributed by atoms with Crippen LogP contribution in [0.15, 0.2) is 18.2 Å². The number of hydrogen-bond acceptors (Lipinski definition) is 4. The first-order valence-corrected chi connectivity index (χ1v) is 8.32. The van der Waals surface area contributed by atoms with E-state index in [0.29, 0.717) is 18.1 Å². The molecule has 0 radical (unpaired) electrons. The summed E-state index contributed by atoms with van der Waals surface area (Å²) in [7, 11) is 0. The molecule has 0 atom stereocenters. The number of carbonyl (C=O) groups is 2. The van der Waals surface area contributed by atoms with Crippen molar-refractivity contribution in [2.75, 3.05) is 39.3 Å². The molecule has 1 aromatic carbocycles. The first-order chi connectivity index (χ1) is 11.5. The second-order valence-electron chi connectivity index (χ2n) is 5.70. The predicted octanol–water partition coefficient (Wildman–Crippen LogP) is 1.44. The van der Waals surface area contributed by atoms with Crippen LogP contribution in [0.25, 0.3) is 0 Å². The molecule has 6 nitrogen and oxygen atoms in total. The first kappa shape index (κ1) is 18.6. The van der Waals surface area contributed by atoms with Gasteiger partial charge in [-0.15, -0.1) is 0 Å². The second kappa shape index (κ2) is 8.96.